The van der Waals surface area contributed by atoms with E-state index in [4.69, 9.17) is 0 Å². The zero-order valence-corrected chi connectivity index (χ0v) is 66.7. The lowest BCUT2D eigenvalue weighted by atomic mass is 9.33. The van der Waals surface area contributed by atoms with E-state index in [0.29, 0.717) is 0 Å². The Morgan fingerprint density at radius 2 is 0.404 bits per heavy atom. The lowest BCUT2D eigenvalue weighted by molar-refractivity contribution is 0.590. The first kappa shape index (κ1) is 67.8. The number of anilines is 6. The summed E-state index contributed by atoms with van der Waals surface area (Å²) in [6.45, 7) is 27.8. The molecular weight excluding hydrogens is 1380 g/mol. The molecule has 15 aromatic carbocycles. The van der Waals surface area contributed by atoms with Crippen molar-refractivity contribution in [3.8, 4) is 28.4 Å². The van der Waals surface area contributed by atoms with Crippen LogP contribution in [0.3, 0.4) is 0 Å². The van der Waals surface area contributed by atoms with E-state index in [2.05, 4.69) is 431 Å². The van der Waals surface area contributed by atoms with Crippen molar-refractivity contribution in [1.29, 1.82) is 0 Å². The second kappa shape index (κ2) is 24.2. The zero-order valence-electron chi connectivity index (χ0n) is 66.7. The first-order chi connectivity index (χ1) is 55.1. The smallest absolute Gasteiger partial charge is 0.252 e. The van der Waals surface area contributed by atoms with E-state index in [1.54, 1.807) is 0 Å². The van der Waals surface area contributed by atoms with Crippen molar-refractivity contribution in [2.45, 2.75) is 105 Å². The quantitative estimate of drug-likeness (QED) is 0.149. The lowest BCUT2D eigenvalue weighted by Crippen LogP contribution is -2.61. The third-order valence-corrected chi connectivity index (χ3v) is 25.3. The van der Waals surface area contributed by atoms with Crippen molar-refractivity contribution in [3.05, 3.63) is 338 Å². The summed E-state index contributed by atoms with van der Waals surface area (Å²) >= 11 is 0. The SMILES string of the molecule is CC(C)(C)c1ccc2c(c1)c1cc(C(C)(C)C)ccc1n2-c1ccc2c(c1)N(c1ccc(-n3c4ccccc4c4ccccc43)cc1)c1cc(-n3c4ccccc4c4ccccc43)cc3c1B2c1ccc(-n2c4ccc(C(C)(C)C)cc4c4cc(C(C)(C)C)ccc42)cc1N3c1ccc(-n2c3ccccc3c3ccccc32)cc1. The maximum atomic E-state index is 2.63. The van der Waals surface area contributed by atoms with Crippen molar-refractivity contribution in [2.75, 3.05) is 9.80 Å². The summed E-state index contributed by atoms with van der Waals surface area (Å²) in [5.41, 5.74) is 32.5. The Hall–Kier alpha value is -13.0. The summed E-state index contributed by atoms with van der Waals surface area (Å²) < 4.78 is 12.5. The molecule has 114 heavy (non-hydrogen) atoms. The number of rotatable bonds is 7. The van der Waals surface area contributed by atoms with Crippen LogP contribution in [0.1, 0.15) is 105 Å². The summed E-state index contributed by atoms with van der Waals surface area (Å²) in [5, 5.41) is 12.4. The van der Waals surface area contributed by atoms with E-state index in [1.165, 1.54) is 137 Å². The third kappa shape index (κ3) is 10.1. The van der Waals surface area contributed by atoms with Crippen LogP contribution in [0.5, 0.6) is 0 Å². The van der Waals surface area contributed by atoms with Gasteiger partial charge in [-0.1, -0.05) is 229 Å². The van der Waals surface area contributed by atoms with Crippen LogP contribution in [0, 0.1) is 0 Å². The third-order valence-electron chi connectivity index (χ3n) is 25.3. The van der Waals surface area contributed by atoms with Crippen LogP contribution in [-0.2, 0) is 21.7 Å². The normalized spacial score (nSPS) is 13.4. The van der Waals surface area contributed by atoms with Gasteiger partial charge in [0.25, 0.3) is 6.71 Å². The Labute approximate surface area is 665 Å². The molecule has 0 unspecified atom stereocenters. The van der Waals surface area contributed by atoms with Crippen molar-refractivity contribution in [1.82, 2.24) is 22.8 Å². The van der Waals surface area contributed by atoms with Crippen molar-refractivity contribution < 1.29 is 0 Å². The van der Waals surface area contributed by atoms with Crippen LogP contribution in [0.2, 0.25) is 0 Å². The van der Waals surface area contributed by atoms with Crippen LogP contribution in [-0.4, -0.2) is 29.5 Å². The van der Waals surface area contributed by atoms with Gasteiger partial charge in [-0.05, 0) is 230 Å². The van der Waals surface area contributed by atoms with Gasteiger partial charge in [0.2, 0.25) is 0 Å². The van der Waals surface area contributed by atoms with Gasteiger partial charge in [-0.15, -0.1) is 0 Å². The summed E-state index contributed by atoms with van der Waals surface area (Å²) in [7, 11) is 0. The van der Waals surface area contributed by atoms with Crippen molar-refractivity contribution in [2.24, 2.45) is 0 Å². The molecule has 0 bridgehead atoms. The highest BCUT2D eigenvalue weighted by atomic mass is 15.2. The molecule has 0 radical (unpaired) electrons. The molecule has 0 spiro atoms. The molecule has 0 atom stereocenters. The predicted octanol–water partition coefficient (Wildman–Crippen LogP) is 26.4. The van der Waals surface area contributed by atoms with E-state index in [1.807, 2.05) is 0 Å². The minimum atomic E-state index is -0.236. The molecule has 0 aliphatic carbocycles. The van der Waals surface area contributed by atoms with Gasteiger partial charge in [-0.2, -0.15) is 0 Å². The van der Waals surface area contributed by atoms with Gasteiger partial charge in [0.15, 0.2) is 0 Å². The average molecular weight is 1470 g/mol. The van der Waals surface area contributed by atoms with E-state index in [0.717, 1.165) is 73.6 Å². The molecule has 22 rings (SSSR count). The zero-order chi connectivity index (χ0) is 77.3. The number of benzene rings is 15. The number of nitrogens with zero attached hydrogens (tertiary/aromatic N) is 7. The highest BCUT2D eigenvalue weighted by molar-refractivity contribution is 7.00. The van der Waals surface area contributed by atoms with E-state index >= 15 is 0 Å². The van der Waals surface area contributed by atoms with Crippen LogP contribution < -0.4 is 26.2 Å². The van der Waals surface area contributed by atoms with Gasteiger partial charge in [-0.25, -0.2) is 0 Å². The number of hydrogen-bond acceptors (Lipinski definition) is 2. The van der Waals surface area contributed by atoms with Crippen LogP contribution in [0.25, 0.3) is 137 Å². The van der Waals surface area contributed by atoms with Crippen molar-refractivity contribution >= 4 is 166 Å². The van der Waals surface area contributed by atoms with E-state index < -0.39 is 0 Å². The number of fused-ring (bicyclic) bond motifs is 19. The Morgan fingerprint density at radius 3 is 0.675 bits per heavy atom. The standard InChI is InChI=1S/C106H88BN7/c1-103(2,3)65-37-53-94-82(57-65)83-58-66(104(4,5)6)38-54-95(83)112(94)73-49-51-86-98(61-73)110(71-45-41-69(42-46-71)108-88-31-19-13-25-76(88)77-26-14-20-32-89(77)108)100-63-75(114-92-35-23-17-29-80(92)81-30-18-24-36-93(81)114)64-101-102(100)107(86)87-52-50-74(113-96-55-39-67(105(7,8)9)59-84(96)85-60-68(106(10,11)12)40-56-97(85)113)62-99(87)111(101)72-47-43-70(44-48-72)109-90-33-21-15-27-78(90)79-28-16-22-34-91(79)109/h13-64H,1-12H3. The molecule has 5 aromatic heterocycles. The molecule has 2 aliphatic heterocycles. The summed E-state index contributed by atoms with van der Waals surface area (Å²) in [5.74, 6) is 0. The maximum absolute atomic E-state index is 2.63. The Bertz CT molecular complexity index is 6780. The maximum Gasteiger partial charge on any atom is 0.252 e. The second-order valence-electron chi connectivity index (χ2n) is 36.2. The van der Waals surface area contributed by atoms with Gasteiger partial charge in [0, 0.05) is 111 Å². The summed E-state index contributed by atoms with van der Waals surface area (Å²) in [6.07, 6.45) is 0. The minimum Gasteiger partial charge on any atom is -0.311 e. The topological polar surface area (TPSA) is 31.1 Å². The van der Waals surface area contributed by atoms with Crippen molar-refractivity contribution in [3.63, 3.8) is 0 Å². The monoisotopic (exact) mass is 1470 g/mol. The number of aromatic nitrogens is 5. The minimum absolute atomic E-state index is 0.0582. The Kier molecular flexibility index (Phi) is 14.4. The molecule has 0 saturated heterocycles. The molecule has 0 amide bonds. The largest absolute Gasteiger partial charge is 0.311 e. The number of hydrogen-bond donors (Lipinski definition) is 0. The van der Waals surface area contributed by atoms with Gasteiger partial charge >= 0.3 is 0 Å². The second-order valence-corrected chi connectivity index (χ2v) is 36.2. The van der Waals surface area contributed by atoms with Gasteiger partial charge in [-0.3, -0.25) is 0 Å². The van der Waals surface area contributed by atoms with Crippen LogP contribution >= 0.6 is 0 Å². The molecule has 0 fully saturated rings. The highest BCUT2D eigenvalue weighted by Crippen LogP contribution is 2.50. The molecule has 550 valence electrons. The van der Waals surface area contributed by atoms with E-state index in [-0.39, 0.29) is 28.4 Å². The summed E-state index contributed by atoms with van der Waals surface area (Å²) in [6, 6.07) is 121. The molecule has 8 heteroatoms. The molecule has 7 heterocycles. The molecule has 0 N–H and O–H groups in total. The molecule has 0 saturated carbocycles. The molecule has 20 aromatic rings. The molecular formula is C106H88BN7. The summed E-state index contributed by atoms with van der Waals surface area (Å²) in [4.78, 5) is 5.26. The van der Waals surface area contributed by atoms with Gasteiger partial charge < -0.3 is 32.6 Å². The molecule has 7 nitrogen and oxygen atoms in total. The van der Waals surface area contributed by atoms with Crippen LogP contribution in [0.4, 0.5) is 34.1 Å². The lowest BCUT2D eigenvalue weighted by Gasteiger charge is -2.44. The van der Waals surface area contributed by atoms with Crippen LogP contribution in [0.15, 0.2) is 315 Å². The predicted molar refractivity (Wildman–Crippen MR) is 487 cm³/mol. The van der Waals surface area contributed by atoms with Gasteiger partial charge in [0.05, 0.1) is 60.9 Å². The Morgan fingerprint density at radius 1 is 0.184 bits per heavy atom. The fourth-order valence-electron chi connectivity index (χ4n) is 19.5. The average Bonchev–Trinajstić information content (AvgIpc) is 0.742. The first-order valence-electron chi connectivity index (χ1n) is 40.5. The fourth-order valence-corrected chi connectivity index (χ4v) is 19.5. The first-order valence-corrected chi connectivity index (χ1v) is 40.5. The fraction of sp³-hybridized carbons (Fsp3) is 0.151. The van der Waals surface area contributed by atoms with E-state index in [9.17, 15) is 0 Å². The highest BCUT2D eigenvalue weighted by Gasteiger charge is 2.45. The van der Waals surface area contributed by atoms with Gasteiger partial charge in [0.1, 0.15) is 0 Å². The Balaban J connectivity index is 0.854. The number of para-hydroxylation sites is 6. The molecule has 2 aliphatic rings.